The average Bonchev–Trinajstić information content (AvgIpc) is 2.42. The molecule has 96 valence electrons. The molecule has 0 aromatic heterocycles. The van der Waals surface area contributed by atoms with E-state index >= 15 is 0 Å². The van der Waals surface area contributed by atoms with Gasteiger partial charge in [0.05, 0.1) is 0 Å². The highest BCUT2D eigenvalue weighted by Gasteiger charge is 2.00. The van der Waals surface area contributed by atoms with Gasteiger partial charge in [0.15, 0.2) is 0 Å². The highest BCUT2D eigenvalue weighted by atomic mass is 14.5. The molecule has 0 bridgehead atoms. The van der Waals surface area contributed by atoms with Gasteiger partial charge in [-0.1, -0.05) is 36.4 Å². The van der Waals surface area contributed by atoms with Crippen LogP contribution in [0.5, 0.6) is 0 Å². The first-order chi connectivity index (χ1) is 9.19. The fourth-order valence-corrected chi connectivity index (χ4v) is 1.91. The molecular weight excluding hydrogens is 232 g/mol. The van der Waals surface area contributed by atoms with Crippen LogP contribution in [-0.4, -0.2) is 0 Å². The standard InChI is InChI=1S/C17H18N2/c1-2-3-15(14-6-10-17(19)11-7-14)12-13-4-8-16(18)9-5-13/h2,4-12H,1,3,18-19H2. The number of nitrogens with two attached hydrogens (primary N) is 2. The lowest BCUT2D eigenvalue weighted by Crippen LogP contribution is -1.88. The van der Waals surface area contributed by atoms with E-state index in [4.69, 9.17) is 11.5 Å². The van der Waals surface area contributed by atoms with Crippen molar-refractivity contribution in [2.75, 3.05) is 11.5 Å². The predicted molar refractivity (Wildman–Crippen MR) is 84.4 cm³/mol. The molecule has 0 radical (unpaired) electrons. The summed E-state index contributed by atoms with van der Waals surface area (Å²) in [4.78, 5) is 0. The highest BCUT2D eigenvalue weighted by molar-refractivity contribution is 5.82. The smallest absolute Gasteiger partial charge is 0.0314 e. The third kappa shape index (κ3) is 3.49. The van der Waals surface area contributed by atoms with Gasteiger partial charge in [0, 0.05) is 11.4 Å². The van der Waals surface area contributed by atoms with Crippen LogP contribution in [0, 0.1) is 0 Å². The molecule has 19 heavy (non-hydrogen) atoms. The predicted octanol–water partition coefficient (Wildman–Crippen LogP) is 3.97. The van der Waals surface area contributed by atoms with Crippen LogP contribution in [0.4, 0.5) is 11.4 Å². The van der Waals surface area contributed by atoms with Crippen molar-refractivity contribution in [1.82, 2.24) is 0 Å². The molecule has 2 aromatic rings. The van der Waals surface area contributed by atoms with Gasteiger partial charge >= 0.3 is 0 Å². The van der Waals surface area contributed by atoms with E-state index < -0.39 is 0 Å². The van der Waals surface area contributed by atoms with E-state index in [1.54, 1.807) is 0 Å². The molecule has 0 heterocycles. The van der Waals surface area contributed by atoms with Gasteiger partial charge in [-0.2, -0.15) is 0 Å². The zero-order valence-corrected chi connectivity index (χ0v) is 10.8. The monoisotopic (exact) mass is 250 g/mol. The number of allylic oxidation sites excluding steroid dienone is 2. The summed E-state index contributed by atoms with van der Waals surface area (Å²) < 4.78 is 0. The molecule has 0 amide bonds. The Labute approximate surface area is 114 Å². The van der Waals surface area contributed by atoms with Crippen LogP contribution in [0.2, 0.25) is 0 Å². The molecule has 0 unspecified atom stereocenters. The fourth-order valence-electron chi connectivity index (χ4n) is 1.91. The van der Waals surface area contributed by atoms with Gasteiger partial charge in [-0.15, -0.1) is 6.58 Å². The Kier molecular flexibility index (Phi) is 4.04. The minimum absolute atomic E-state index is 0.772. The van der Waals surface area contributed by atoms with Crippen molar-refractivity contribution >= 4 is 23.0 Å². The average molecular weight is 250 g/mol. The first kappa shape index (κ1) is 13.0. The summed E-state index contributed by atoms with van der Waals surface area (Å²) in [5, 5.41) is 0. The lowest BCUT2D eigenvalue weighted by Gasteiger charge is -2.06. The Morgan fingerprint density at radius 1 is 0.895 bits per heavy atom. The number of benzene rings is 2. The zero-order valence-electron chi connectivity index (χ0n) is 10.8. The lowest BCUT2D eigenvalue weighted by molar-refractivity contribution is 1.41. The number of hydrogen-bond donors (Lipinski definition) is 2. The van der Waals surface area contributed by atoms with Crippen molar-refractivity contribution in [2.24, 2.45) is 0 Å². The minimum Gasteiger partial charge on any atom is -0.399 e. The van der Waals surface area contributed by atoms with E-state index in [-0.39, 0.29) is 0 Å². The summed E-state index contributed by atoms with van der Waals surface area (Å²) >= 11 is 0. The second-order valence-corrected chi connectivity index (χ2v) is 4.45. The molecule has 4 N–H and O–H groups in total. The normalized spacial score (nSPS) is 11.3. The Morgan fingerprint density at radius 3 is 1.95 bits per heavy atom. The molecule has 2 rings (SSSR count). The van der Waals surface area contributed by atoms with Gasteiger partial charge in [-0.05, 0) is 47.4 Å². The summed E-state index contributed by atoms with van der Waals surface area (Å²) in [6.07, 6.45) is 4.86. The Balaban J connectivity index is 2.36. The van der Waals surface area contributed by atoms with Crippen molar-refractivity contribution in [3.63, 3.8) is 0 Å². The summed E-state index contributed by atoms with van der Waals surface area (Å²) in [5.74, 6) is 0. The summed E-state index contributed by atoms with van der Waals surface area (Å²) in [5.41, 5.74) is 16.4. The molecular formula is C17H18N2. The number of rotatable bonds is 4. The molecule has 0 spiro atoms. The van der Waals surface area contributed by atoms with Crippen LogP contribution < -0.4 is 11.5 Å². The molecule has 0 aliphatic rings. The van der Waals surface area contributed by atoms with Crippen LogP contribution in [0.1, 0.15) is 17.5 Å². The van der Waals surface area contributed by atoms with Crippen LogP contribution in [0.15, 0.2) is 61.2 Å². The van der Waals surface area contributed by atoms with E-state index in [0.717, 1.165) is 28.9 Å². The van der Waals surface area contributed by atoms with Gasteiger partial charge in [0.2, 0.25) is 0 Å². The van der Waals surface area contributed by atoms with Crippen molar-refractivity contribution in [1.29, 1.82) is 0 Å². The van der Waals surface area contributed by atoms with Crippen molar-refractivity contribution in [2.45, 2.75) is 6.42 Å². The second kappa shape index (κ2) is 5.91. The van der Waals surface area contributed by atoms with Crippen LogP contribution in [0.25, 0.3) is 11.6 Å². The summed E-state index contributed by atoms with van der Waals surface area (Å²) in [6.45, 7) is 3.81. The van der Waals surface area contributed by atoms with Gasteiger partial charge in [0.1, 0.15) is 0 Å². The van der Waals surface area contributed by atoms with Crippen molar-refractivity contribution in [3.8, 4) is 0 Å². The van der Waals surface area contributed by atoms with Gasteiger partial charge in [-0.25, -0.2) is 0 Å². The maximum Gasteiger partial charge on any atom is 0.0314 e. The molecule has 2 aromatic carbocycles. The Bertz CT molecular complexity index is 578. The molecule has 0 fully saturated rings. The summed E-state index contributed by atoms with van der Waals surface area (Å²) in [7, 11) is 0. The van der Waals surface area contributed by atoms with E-state index in [1.165, 1.54) is 5.57 Å². The third-order valence-electron chi connectivity index (χ3n) is 2.92. The van der Waals surface area contributed by atoms with Gasteiger partial charge < -0.3 is 11.5 Å². The number of anilines is 2. The molecule has 0 saturated heterocycles. The van der Waals surface area contributed by atoms with E-state index in [0.29, 0.717) is 0 Å². The Morgan fingerprint density at radius 2 is 1.42 bits per heavy atom. The van der Waals surface area contributed by atoms with Gasteiger partial charge in [-0.3, -0.25) is 0 Å². The number of nitrogen functional groups attached to an aromatic ring is 2. The first-order valence-electron chi connectivity index (χ1n) is 6.22. The lowest BCUT2D eigenvalue weighted by atomic mass is 9.99. The van der Waals surface area contributed by atoms with E-state index in [1.807, 2.05) is 54.6 Å². The zero-order chi connectivity index (χ0) is 13.7. The largest absolute Gasteiger partial charge is 0.399 e. The minimum atomic E-state index is 0.772. The molecule has 2 nitrogen and oxygen atoms in total. The molecule has 0 aliphatic carbocycles. The van der Waals surface area contributed by atoms with E-state index in [9.17, 15) is 0 Å². The van der Waals surface area contributed by atoms with Gasteiger partial charge in [0.25, 0.3) is 0 Å². The van der Waals surface area contributed by atoms with E-state index in [2.05, 4.69) is 12.7 Å². The third-order valence-corrected chi connectivity index (χ3v) is 2.92. The maximum atomic E-state index is 5.72. The maximum absolute atomic E-state index is 5.72. The topological polar surface area (TPSA) is 52.0 Å². The molecule has 0 saturated carbocycles. The molecule has 0 atom stereocenters. The Hall–Kier alpha value is -2.48. The quantitative estimate of drug-likeness (QED) is 0.490. The number of hydrogen-bond acceptors (Lipinski definition) is 2. The van der Waals surface area contributed by atoms with Crippen LogP contribution in [-0.2, 0) is 0 Å². The van der Waals surface area contributed by atoms with Crippen LogP contribution in [0.3, 0.4) is 0 Å². The molecule has 2 heteroatoms. The van der Waals surface area contributed by atoms with Crippen molar-refractivity contribution < 1.29 is 0 Å². The fraction of sp³-hybridized carbons (Fsp3) is 0.0588. The first-order valence-corrected chi connectivity index (χ1v) is 6.22. The SMILES string of the molecule is C=CCC(=Cc1ccc(N)cc1)c1ccc(N)cc1. The van der Waals surface area contributed by atoms with Crippen LogP contribution >= 0.6 is 0 Å². The molecule has 0 aliphatic heterocycles. The van der Waals surface area contributed by atoms with Crippen molar-refractivity contribution in [3.05, 3.63) is 72.3 Å². The second-order valence-electron chi connectivity index (χ2n) is 4.45. The highest BCUT2D eigenvalue weighted by Crippen LogP contribution is 2.23. The summed E-state index contributed by atoms with van der Waals surface area (Å²) in [6, 6.07) is 15.7.